The first-order valence-corrected chi connectivity index (χ1v) is 10.2. The van der Waals surface area contributed by atoms with Gasteiger partial charge in [-0.2, -0.15) is 8.78 Å². The van der Waals surface area contributed by atoms with Crippen molar-refractivity contribution < 1.29 is 23.4 Å². The highest BCUT2D eigenvalue weighted by Crippen LogP contribution is 2.71. The van der Waals surface area contributed by atoms with Crippen LogP contribution in [-0.2, 0) is 9.53 Å². The van der Waals surface area contributed by atoms with Gasteiger partial charge < -0.3 is 9.84 Å². The molecule has 130 valence electrons. The van der Waals surface area contributed by atoms with E-state index >= 15 is 0 Å². The molecule has 0 radical (unpaired) electrons. The van der Waals surface area contributed by atoms with Gasteiger partial charge in [0.1, 0.15) is 5.60 Å². The largest absolute Gasteiger partial charge is 0.455 e. The average Bonchev–Trinajstić information content (AvgIpc) is 2.88. The fourth-order valence-corrected chi connectivity index (χ4v) is 9.42. The second-order valence-electron chi connectivity index (χ2n) is 7.76. The Morgan fingerprint density at radius 3 is 2.48 bits per heavy atom. The molecule has 1 saturated heterocycles. The van der Waals surface area contributed by atoms with Crippen LogP contribution in [-0.4, -0.2) is 44.3 Å². The molecule has 3 atom stereocenters. The summed E-state index contributed by atoms with van der Waals surface area (Å²) in [4.78, 5) is 11.7. The van der Waals surface area contributed by atoms with Crippen molar-refractivity contribution in [2.24, 2.45) is 17.8 Å². The molecule has 5 rings (SSSR count). The molecule has 1 N–H and O–H groups in total. The van der Waals surface area contributed by atoms with E-state index in [9.17, 15) is 18.7 Å². The minimum atomic E-state index is -3.42. The van der Waals surface area contributed by atoms with Crippen LogP contribution in [0.3, 0.4) is 0 Å². The first-order chi connectivity index (χ1) is 10.8. The van der Waals surface area contributed by atoms with E-state index in [-0.39, 0.29) is 15.9 Å². The molecule has 4 saturated carbocycles. The van der Waals surface area contributed by atoms with Gasteiger partial charge in [-0.1, -0.05) is 0 Å². The lowest BCUT2D eigenvalue weighted by atomic mass is 9.53. The van der Waals surface area contributed by atoms with E-state index in [1.54, 1.807) is 0 Å². The molecule has 5 aliphatic rings. The third-order valence-corrected chi connectivity index (χ3v) is 10.2. The van der Waals surface area contributed by atoms with E-state index in [0.29, 0.717) is 37.5 Å². The van der Waals surface area contributed by atoms with E-state index in [0.717, 1.165) is 25.0 Å². The summed E-state index contributed by atoms with van der Waals surface area (Å²) in [5.41, 5.74) is -0.670. The first-order valence-electron chi connectivity index (χ1n) is 8.30. The Labute approximate surface area is 143 Å². The predicted octanol–water partition coefficient (Wildman–Crippen LogP) is 3.30. The van der Waals surface area contributed by atoms with Gasteiger partial charge in [0.2, 0.25) is 0 Å². The van der Waals surface area contributed by atoms with Gasteiger partial charge in [0.25, 0.3) is 0 Å². The lowest BCUT2D eigenvalue weighted by Crippen LogP contribution is -2.62. The number of halogens is 2. The average molecular weight is 364 g/mol. The van der Waals surface area contributed by atoms with Crippen LogP contribution in [0.2, 0.25) is 0 Å². The lowest BCUT2D eigenvalue weighted by Gasteiger charge is -2.63. The Bertz CT molecular complexity index is 506. The van der Waals surface area contributed by atoms with Crippen molar-refractivity contribution in [3.05, 3.63) is 0 Å². The Morgan fingerprint density at radius 1 is 1.30 bits per heavy atom. The van der Waals surface area contributed by atoms with Gasteiger partial charge in [-0.05, 0) is 49.9 Å². The van der Waals surface area contributed by atoms with Crippen LogP contribution in [0.4, 0.5) is 8.78 Å². The quantitative estimate of drug-likeness (QED) is 0.779. The summed E-state index contributed by atoms with van der Waals surface area (Å²) in [6.07, 6.45) is 4.38. The number of aliphatic hydroxyl groups is 1. The van der Waals surface area contributed by atoms with Gasteiger partial charge >= 0.3 is 11.9 Å². The maximum Gasteiger partial charge on any atom is 0.377 e. The predicted molar refractivity (Wildman–Crippen MR) is 86.7 cm³/mol. The highest BCUT2D eigenvalue weighted by Gasteiger charge is 2.66. The third kappa shape index (κ3) is 2.53. The normalized spacial score (nSPS) is 48.2. The second-order valence-corrected chi connectivity index (χ2v) is 10.9. The van der Waals surface area contributed by atoms with Gasteiger partial charge in [-0.15, -0.1) is 23.5 Å². The van der Waals surface area contributed by atoms with Crippen molar-refractivity contribution in [3.8, 4) is 0 Å². The van der Waals surface area contributed by atoms with E-state index in [1.807, 2.05) is 23.5 Å². The van der Waals surface area contributed by atoms with Gasteiger partial charge in [0.05, 0.1) is 10.7 Å². The summed E-state index contributed by atoms with van der Waals surface area (Å²) < 4.78 is 32.1. The topological polar surface area (TPSA) is 46.5 Å². The smallest absolute Gasteiger partial charge is 0.377 e. The SMILES string of the molecule is CC(F)(F)C(=O)OC12CC3CC(C1)C1(SCC(CO)S1)C(C3)C2. The number of thioether (sulfide) groups is 2. The zero-order valence-corrected chi connectivity index (χ0v) is 14.7. The number of carbonyl (C=O) groups is 1. The molecule has 4 bridgehead atoms. The molecular formula is C16H22F2O3S2. The molecule has 1 heterocycles. The van der Waals surface area contributed by atoms with Crippen LogP contribution in [0.1, 0.15) is 39.0 Å². The van der Waals surface area contributed by atoms with Gasteiger partial charge in [0, 0.05) is 17.9 Å². The number of aliphatic hydroxyl groups excluding tert-OH is 1. The first kappa shape index (κ1) is 16.5. The van der Waals surface area contributed by atoms with E-state index in [1.165, 1.54) is 0 Å². The monoisotopic (exact) mass is 364 g/mol. The zero-order valence-electron chi connectivity index (χ0n) is 13.1. The Hall–Kier alpha value is -0.0100. The van der Waals surface area contributed by atoms with Crippen molar-refractivity contribution in [3.63, 3.8) is 0 Å². The van der Waals surface area contributed by atoms with E-state index < -0.39 is 17.5 Å². The summed E-state index contributed by atoms with van der Waals surface area (Å²) in [5.74, 6) is -2.53. The third-order valence-electron chi connectivity index (χ3n) is 5.99. The summed E-state index contributed by atoms with van der Waals surface area (Å²) in [7, 11) is 0. The molecular weight excluding hydrogens is 342 g/mol. The molecule has 1 aliphatic heterocycles. The van der Waals surface area contributed by atoms with Gasteiger partial charge in [0.15, 0.2) is 0 Å². The molecule has 0 aromatic carbocycles. The van der Waals surface area contributed by atoms with Crippen molar-refractivity contribution >= 4 is 29.5 Å². The van der Waals surface area contributed by atoms with Crippen LogP contribution in [0.5, 0.6) is 0 Å². The molecule has 3 nitrogen and oxygen atoms in total. The fourth-order valence-electron chi connectivity index (χ4n) is 5.34. The molecule has 5 fully saturated rings. The second kappa shape index (κ2) is 5.24. The number of hydrogen-bond donors (Lipinski definition) is 1. The van der Waals surface area contributed by atoms with Crippen LogP contribution in [0.25, 0.3) is 0 Å². The van der Waals surface area contributed by atoms with Crippen LogP contribution >= 0.6 is 23.5 Å². The van der Waals surface area contributed by atoms with Crippen molar-refractivity contribution in [1.29, 1.82) is 0 Å². The maximum atomic E-state index is 13.3. The lowest BCUT2D eigenvalue weighted by molar-refractivity contribution is -0.208. The molecule has 0 amide bonds. The van der Waals surface area contributed by atoms with Crippen LogP contribution < -0.4 is 0 Å². The molecule has 1 spiro atoms. The van der Waals surface area contributed by atoms with Crippen LogP contribution in [0.15, 0.2) is 0 Å². The standard InChI is InChI=1S/C16H22F2O3S2/c1-14(17,18)13(20)21-15-4-9-2-10(5-15)16(11(3-9)6-15)22-8-12(7-19)23-16/h9-12,19H,2-8H2,1H3. The summed E-state index contributed by atoms with van der Waals surface area (Å²) >= 11 is 3.85. The van der Waals surface area contributed by atoms with Crippen molar-refractivity contribution in [2.75, 3.05) is 12.4 Å². The van der Waals surface area contributed by atoms with Crippen molar-refractivity contribution in [2.45, 2.75) is 59.9 Å². The summed E-state index contributed by atoms with van der Waals surface area (Å²) in [6, 6.07) is 0. The molecule has 0 aromatic heterocycles. The minimum Gasteiger partial charge on any atom is -0.455 e. The Morgan fingerprint density at radius 2 is 1.96 bits per heavy atom. The molecule has 7 heteroatoms. The minimum absolute atomic E-state index is 0.106. The fraction of sp³-hybridized carbons (Fsp3) is 0.938. The maximum absolute atomic E-state index is 13.3. The van der Waals surface area contributed by atoms with Crippen molar-refractivity contribution in [1.82, 2.24) is 0 Å². The number of esters is 1. The molecule has 3 unspecified atom stereocenters. The van der Waals surface area contributed by atoms with E-state index in [2.05, 4.69) is 0 Å². The highest BCUT2D eigenvalue weighted by atomic mass is 32.2. The highest BCUT2D eigenvalue weighted by molar-refractivity contribution is 8.21. The van der Waals surface area contributed by atoms with Gasteiger partial charge in [-0.3, -0.25) is 0 Å². The number of rotatable bonds is 3. The summed E-state index contributed by atoms with van der Waals surface area (Å²) in [5, 5.41) is 9.75. The zero-order chi connectivity index (χ0) is 16.5. The molecule has 0 aromatic rings. The number of alkyl halides is 2. The molecule has 23 heavy (non-hydrogen) atoms. The Balaban J connectivity index is 1.57. The summed E-state index contributed by atoms with van der Waals surface area (Å²) in [6.45, 7) is 0.816. The Kier molecular flexibility index (Phi) is 3.75. The molecule has 4 aliphatic carbocycles. The van der Waals surface area contributed by atoms with Gasteiger partial charge in [-0.25, -0.2) is 4.79 Å². The van der Waals surface area contributed by atoms with E-state index in [4.69, 9.17) is 4.74 Å². The number of ether oxygens (including phenoxy) is 1. The van der Waals surface area contributed by atoms with Crippen LogP contribution in [0, 0.1) is 17.8 Å². The number of hydrogen-bond acceptors (Lipinski definition) is 5. The number of carbonyl (C=O) groups excluding carboxylic acids is 1.